The van der Waals surface area contributed by atoms with Crippen LogP contribution in [0.1, 0.15) is 22.8 Å². The van der Waals surface area contributed by atoms with Crippen LogP contribution in [0.5, 0.6) is 0 Å². The third-order valence-electron chi connectivity index (χ3n) is 3.19. The number of rotatable bonds is 5. The molecule has 0 radical (unpaired) electrons. The topological polar surface area (TPSA) is 75.3 Å². The summed E-state index contributed by atoms with van der Waals surface area (Å²) >= 11 is 0. The summed E-state index contributed by atoms with van der Waals surface area (Å²) < 4.78 is 18.1. The summed E-state index contributed by atoms with van der Waals surface area (Å²) in [7, 11) is 1.69. The zero-order valence-corrected chi connectivity index (χ0v) is 15.7. The Morgan fingerprint density at radius 3 is 2.70 bits per heavy atom. The molecule has 0 unspecified atom stereocenters. The molecule has 0 aliphatic rings. The molecular weight excluding hydrogens is 412 g/mol. The molecule has 0 amide bonds. The summed E-state index contributed by atoms with van der Waals surface area (Å²) in [4.78, 5) is 8.23. The van der Waals surface area contributed by atoms with Gasteiger partial charge in [-0.2, -0.15) is 4.98 Å². The number of halogens is 2. The predicted octanol–water partition coefficient (Wildman–Crippen LogP) is 2.35. The summed E-state index contributed by atoms with van der Waals surface area (Å²) in [6, 6.07) is 4.83. The Bertz CT molecular complexity index is 659. The maximum atomic E-state index is 13.1. The van der Waals surface area contributed by atoms with Gasteiger partial charge in [0.25, 0.3) is 0 Å². The molecule has 2 rings (SSSR count). The first-order chi connectivity index (χ1) is 10.6. The van der Waals surface area contributed by atoms with Crippen LogP contribution < -0.4 is 10.6 Å². The summed E-state index contributed by atoms with van der Waals surface area (Å²) in [5, 5.41) is 10.0. The Morgan fingerprint density at radius 2 is 2.09 bits per heavy atom. The molecule has 0 atom stereocenters. The van der Waals surface area contributed by atoms with Crippen LogP contribution in [-0.4, -0.2) is 29.7 Å². The Labute approximate surface area is 152 Å². The van der Waals surface area contributed by atoms with Crippen molar-refractivity contribution in [3.8, 4) is 0 Å². The Balaban J connectivity index is 0.00000264. The Morgan fingerprint density at radius 1 is 1.30 bits per heavy atom. The first kappa shape index (κ1) is 19.3. The second kappa shape index (κ2) is 9.43. The average Bonchev–Trinajstić information content (AvgIpc) is 2.90. The molecule has 2 aromatic rings. The molecule has 6 nitrogen and oxygen atoms in total. The van der Waals surface area contributed by atoms with Crippen molar-refractivity contribution in [3.05, 3.63) is 46.9 Å². The van der Waals surface area contributed by atoms with E-state index in [0.717, 1.165) is 17.5 Å². The molecule has 8 heteroatoms. The minimum Gasteiger partial charge on any atom is -0.356 e. The van der Waals surface area contributed by atoms with Crippen LogP contribution in [0.4, 0.5) is 4.39 Å². The molecule has 0 aliphatic carbocycles. The maximum absolute atomic E-state index is 13.1. The van der Waals surface area contributed by atoms with E-state index in [1.165, 1.54) is 6.07 Å². The fourth-order valence-electron chi connectivity index (χ4n) is 2.05. The smallest absolute Gasteiger partial charge is 0.246 e. The molecule has 0 bridgehead atoms. The van der Waals surface area contributed by atoms with Crippen LogP contribution >= 0.6 is 24.0 Å². The van der Waals surface area contributed by atoms with E-state index in [1.807, 2.05) is 13.0 Å². The molecule has 2 N–H and O–H groups in total. The number of nitrogens with zero attached hydrogens (tertiary/aromatic N) is 3. The van der Waals surface area contributed by atoms with Gasteiger partial charge in [-0.25, -0.2) is 4.39 Å². The molecule has 126 valence electrons. The molecular formula is C15H21FIN5O. The highest BCUT2D eigenvalue weighted by molar-refractivity contribution is 14.0. The van der Waals surface area contributed by atoms with E-state index in [4.69, 9.17) is 4.52 Å². The lowest BCUT2D eigenvalue weighted by Crippen LogP contribution is -2.38. The summed E-state index contributed by atoms with van der Waals surface area (Å²) in [5.74, 6) is 1.55. The predicted molar refractivity (Wildman–Crippen MR) is 97.5 cm³/mol. The highest BCUT2D eigenvalue weighted by Crippen LogP contribution is 2.10. The zero-order chi connectivity index (χ0) is 15.9. The van der Waals surface area contributed by atoms with Gasteiger partial charge in [-0.1, -0.05) is 11.2 Å². The first-order valence-electron chi connectivity index (χ1n) is 7.07. The monoisotopic (exact) mass is 433 g/mol. The number of aryl methyl sites for hydroxylation is 2. The van der Waals surface area contributed by atoms with Gasteiger partial charge < -0.3 is 15.2 Å². The zero-order valence-electron chi connectivity index (χ0n) is 13.4. The number of aromatic nitrogens is 2. The van der Waals surface area contributed by atoms with Crippen molar-refractivity contribution in [2.45, 2.75) is 26.8 Å². The second-order valence-electron chi connectivity index (χ2n) is 4.91. The number of hydrogen-bond donors (Lipinski definition) is 2. The van der Waals surface area contributed by atoms with Gasteiger partial charge in [-0.05, 0) is 43.5 Å². The lowest BCUT2D eigenvalue weighted by atomic mass is 10.1. The van der Waals surface area contributed by atoms with E-state index in [-0.39, 0.29) is 29.8 Å². The summed E-state index contributed by atoms with van der Waals surface area (Å²) in [6.45, 7) is 4.78. The lowest BCUT2D eigenvalue weighted by Gasteiger charge is -2.11. The second-order valence-corrected chi connectivity index (χ2v) is 4.91. The Kier molecular flexibility index (Phi) is 7.93. The van der Waals surface area contributed by atoms with Gasteiger partial charge in [0.2, 0.25) is 5.89 Å². The van der Waals surface area contributed by atoms with Gasteiger partial charge in [0.15, 0.2) is 11.8 Å². The van der Waals surface area contributed by atoms with Crippen molar-refractivity contribution in [3.63, 3.8) is 0 Å². The van der Waals surface area contributed by atoms with Gasteiger partial charge in [0.1, 0.15) is 5.82 Å². The minimum atomic E-state index is -0.207. The molecule has 0 saturated carbocycles. The minimum absolute atomic E-state index is 0. The van der Waals surface area contributed by atoms with E-state index in [0.29, 0.717) is 30.8 Å². The van der Waals surface area contributed by atoms with Gasteiger partial charge in [-0.15, -0.1) is 24.0 Å². The van der Waals surface area contributed by atoms with Crippen molar-refractivity contribution >= 4 is 29.9 Å². The SMILES string of the molecule is CN=C(NCCc1ccc(F)cc1C)NCc1nc(C)no1.I. The van der Waals surface area contributed by atoms with Crippen LogP contribution in [0.15, 0.2) is 27.7 Å². The van der Waals surface area contributed by atoms with Crippen molar-refractivity contribution in [2.24, 2.45) is 4.99 Å². The fraction of sp³-hybridized carbons (Fsp3) is 0.400. The van der Waals surface area contributed by atoms with Gasteiger partial charge >= 0.3 is 0 Å². The molecule has 23 heavy (non-hydrogen) atoms. The largest absolute Gasteiger partial charge is 0.356 e. The van der Waals surface area contributed by atoms with Crippen molar-refractivity contribution in [2.75, 3.05) is 13.6 Å². The fourth-order valence-corrected chi connectivity index (χ4v) is 2.05. The van der Waals surface area contributed by atoms with Gasteiger partial charge in [0, 0.05) is 13.6 Å². The van der Waals surface area contributed by atoms with Crippen LogP contribution in [0.2, 0.25) is 0 Å². The first-order valence-corrected chi connectivity index (χ1v) is 7.07. The lowest BCUT2D eigenvalue weighted by molar-refractivity contribution is 0.371. The van der Waals surface area contributed by atoms with Crippen molar-refractivity contribution in [1.82, 2.24) is 20.8 Å². The number of guanidine groups is 1. The molecule has 0 saturated heterocycles. The standard InChI is InChI=1S/C15H20FN5O.HI/c1-10-8-13(16)5-4-12(10)6-7-18-15(17-3)19-9-14-20-11(2)21-22-14;/h4-5,8H,6-7,9H2,1-3H3,(H2,17,18,19);1H. The van der Waals surface area contributed by atoms with E-state index < -0.39 is 0 Å². The van der Waals surface area contributed by atoms with E-state index >= 15 is 0 Å². The van der Waals surface area contributed by atoms with Crippen molar-refractivity contribution < 1.29 is 8.91 Å². The van der Waals surface area contributed by atoms with Crippen LogP contribution in [0.25, 0.3) is 0 Å². The summed E-state index contributed by atoms with van der Waals surface area (Å²) in [6.07, 6.45) is 0.784. The quantitative estimate of drug-likeness (QED) is 0.430. The highest BCUT2D eigenvalue weighted by atomic mass is 127. The van der Waals surface area contributed by atoms with Crippen LogP contribution in [0.3, 0.4) is 0 Å². The third-order valence-corrected chi connectivity index (χ3v) is 3.19. The van der Waals surface area contributed by atoms with E-state index in [9.17, 15) is 4.39 Å². The number of hydrogen-bond acceptors (Lipinski definition) is 4. The molecule has 1 heterocycles. The number of nitrogens with one attached hydrogen (secondary N) is 2. The average molecular weight is 433 g/mol. The normalized spacial score (nSPS) is 11.0. The third kappa shape index (κ3) is 6.12. The Hall–Kier alpha value is -1.71. The maximum Gasteiger partial charge on any atom is 0.246 e. The van der Waals surface area contributed by atoms with Crippen molar-refractivity contribution in [1.29, 1.82) is 0 Å². The molecule has 1 aromatic heterocycles. The van der Waals surface area contributed by atoms with E-state index in [1.54, 1.807) is 20.0 Å². The van der Waals surface area contributed by atoms with Crippen LogP contribution in [-0.2, 0) is 13.0 Å². The molecule has 0 fully saturated rings. The molecule has 0 spiro atoms. The number of benzene rings is 1. The number of aliphatic imine (C=N–C) groups is 1. The molecule has 1 aromatic carbocycles. The highest BCUT2D eigenvalue weighted by Gasteiger charge is 2.05. The van der Waals surface area contributed by atoms with Gasteiger partial charge in [-0.3, -0.25) is 4.99 Å². The van der Waals surface area contributed by atoms with Gasteiger partial charge in [0.05, 0.1) is 6.54 Å². The summed E-state index contributed by atoms with van der Waals surface area (Å²) in [5.41, 5.74) is 2.06. The van der Waals surface area contributed by atoms with E-state index in [2.05, 4.69) is 25.8 Å². The molecule has 0 aliphatic heterocycles. The van der Waals surface area contributed by atoms with Crippen LogP contribution in [0, 0.1) is 19.7 Å².